The third-order valence-electron chi connectivity index (χ3n) is 7.29. The molecule has 0 amide bonds. The van der Waals surface area contributed by atoms with E-state index in [0.717, 1.165) is 24.0 Å². The molecule has 8 heteroatoms. The van der Waals surface area contributed by atoms with Crippen LogP contribution in [0, 0.1) is 5.82 Å². The number of halogens is 2. The fourth-order valence-electron chi connectivity index (χ4n) is 5.25. The van der Waals surface area contributed by atoms with Crippen molar-refractivity contribution in [2.75, 3.05) is 18.0 Å². The van der Waals surface area contributed by atoms with Gasteiger partial charge in [-0.15, -0.1) is 0 Å². The Kier molecular flexibility index (Phi) is 5.97. The van der Waals surface area contributed by atoms with Crippen LogP contribution in [0.15, 0.2) is 77.7 Å². The van der Waals surface area contributed by atoms with Crippen molar-refractivity contribution in [2.24, 2.45) is 0 Å². The second kappa shape index (κ2) is 9.32. The Hall–Kier alpha value is -3.68. The number of piperazine rings is 1. The molecule has 0 bridgehead atoms. The Morgan fingerprint density at radius 1 is 0.973 bits per heavy atom. The molecule has 37 heavy (non-hydrogen) atoms. The molecule has 2 N–H and O–H groups in total. The summed E-state index contributed by atoms with van der Waals surface area (Å²) in [5.74, 6) is -1.84. The van der Waals surface area contributed by atoms with Gasteiger partial charge in [-0.1, -0.05) is 54.1 Å². The molecule has 0 spiro atoms. The first-order valence-electron chi connectivity index (χ1n) is 12.3. The number of hydrogen-bond acceptors (Lipinski definition) is 4. The summed E-state index contributed by atoms with van der Waals surface area (Å²) >= 11 is 6.12. The predicted octanol–water partition coefficient (Wildman–Crippen LogP) is 5.72. The summed E-state index contributed by atoms with van der Waals surface area (Å²) in [7, 11) is 0. The van der Waals surface area contributed by atoms with Gasteiger partial charge in [-0.05, 0) is 48.2 Å². The standard InChI is InChI=1S/C29H25ClFN3O3/c30-19-8-6-18(7-9-19)25-16-33(15-24(32-25)17-4-2-1-3-5-17)27-13-26-21(12-23(27)31)28(35)22(29(36)37)14-34(26)20-10-11-20/h1-9,12-14,20,24-25,32H,10-11,15-16H2,(H,36,37). The van der Waals surface area contributed by atoms with Crippen molar-refractivity contribution >= 4 is 34.2 Å². The summed E-state index contributed by atoms with van der Waals surface area (Å²) in [5.41, 5.74) is 2.09. The maximum atomic E-state index is 15.7. The van der Waals surface area contributed by atoms with Gasteiger partial charge in [0.2, 0.25) is 5.43 Å². The molecule has 3 aromatic carbocycles. The Balaban J connectivity index is 1.46. The van der Waals surface area contributed by atoms with Crippen molar-refractivity contribution in [2.45, 2.75) is 31.0 Å². The Labute approximate surface area is 217 Å². The first kappa shape index (κ1) is 23.7. The number of benzene rings is 3. The number of rotatable bonds is 5. The van der Waals surface area contributed by atoms with Crippen LogP contribution in [0.2, 0.25) is 5.02 Å². The molecule has 1 aliphatic heterocycles. The maximum Gasteiger partial charge on any atom is 0.341 e. The van der Waals surface area contributed by atoms with E-state index in [1.54, 1.807) is 6.07 Å². The van der Waals surface area contributed by atoms with Crippen LogP contribution in [-0.4, -0.2) is 28.7 Å². The molecule has 2 heterocycles. The largest absolute Gasteiger partial charge is 0.477 e. The first-order valence-corrected chi connectivity index (χ1v) is 12.7. The quantitative estimate of drug-likeness (QED) is 0.354. The van der Waals surface area contributed by atoms with Crippen molar-refractivity contribution < 1.29 is 14.3 Å². The molecule has 2 fully saturated rings. The van der Waals surface area contributed by atoms with Crippen LogP contribution in [0.25, 0.3) is 10.9 Å². The van der Waals surface area contributed by atoms with Crippen LogP contribution in [0.1, 0.15) is 52.5 Å². The zero-order valence-electron chi connectivity index (χ0n) is 19.9. The van der Waals surface area contributed by atoms with Gasteiger partial charge < -0.3 is 14.6 Å². The molecular formula is C29H25ClFN3O3. The minimum atomic E-state index is -1.30. The summed E-state index contributed by atoms with van der Waals surface area (Å²) in [5, 5.41) is 14.0. The highest BCUT2D eigenvalue weighted by Crippen LogP contribution is 2.39. The number of carboxylic acids is 1. The molecule has 4 aromatic rings. The van der Waals surface area contributed by atoms with E-state index in [-0.39, 0.29) is 29.1 Å². The summed E-state index contributed by atoms with van der Waals surface area (Å²) in [6.45, 7) is 1.03. The van der Waals surface area contributed by atoms with Gasteiger partial charge in [0.25, 0.3) is 0 Å². The van der Waals surface area contributed by atoms with Crippen LogP contribution in [-0.2, 0) is 0 Å². The lowest BCUT2D eigenvalue weighted by atomic mass is 9.97. The lowest BCUT2D eigenvalue weighted by molar-refractivity contribution is 0.0695. The highest BCUT2D eigenvalue weighted by atomic mass is 35.5. The number of carbonyl (C=O) groups is 1. The molecule has 1 saturated carbocycles. The number of nitrogens with zero attached hydrogens (tertiary/aromatic N) is 2. The van der Waals surface area contributed by atoms with Crippen molar-refractivity contribution in [3.63, 3.8) is 0 Å². The third kappa shape index (κ3) is 4.49. The first-order chi connectivity index (χ1) is 17.9. The van der Waals surface area contributed by atoms with Crippen LogP contribution >= 0.6 is 11.6 Å². The van der Waals surface area contributed by atoms with Crippen LogP contribution in [0.3, 0.4) is 0 Å². The number of hydrogen-bond donors (Lipinski definition) is 2. The van der Waals surface area contributed by atoms with Crippen LogP contribution in [0.4, 0.5) is 10.1 Å². The van der Waals surface area contributed by atoms with Crippen molar-refractivity contribution in [1.82, 2.24) is 9.88 Å². The summed E-state index contributed by atoms with van der Waals surface area (Å²) in [6.07, 6.45) is 3.20. The van der Waals surface area contributed by atoms with Gasteiger partial charge in [-0.2, -0.15) is 0 Å². The zero-order valence-corrected chi connectivity index (χ0v) is 20.7. The number of aromatic carboxylic acids is 1. The average Bonchev–Trinajstić information content (AvgIpc) is 3.75. The van der Waals surface area contributed by atoms with E-state index in [0.29, 0.717) is 29.3 Å². The molecule has 188 valence electrons. The highest BCUT2D eigenvalue weighted by molar-refractivity contribution is 6.30. The van der Waals surface area contributed by atoms with E-state index in [2.05, 4.69) is 17.4 Å². The van der Waals surface area contributed by atoms with E-state index in [1.807, 2.05) is 51.9 Å². The Morgan fingerprint density at radius 2 is 1.62 bits per heavy atom. The van der Waals surface area contributed by atoms with Gasteiger partial charge in [-0.25, -0.2) is 9.18 Å². The molecule has 2 aliphatic rings. The minimum absolute atomic E-state index is 0.0641. The van der Waals surface area contributed by atoms with E-state index in [1.165, 1.54) is 12.3 Å². The Bertz CT molecular complexity index is 1550. The molecular weight excluding hydrogens is 493 g/mol. The van der Waals surface area contributed by atoms with Gasteiger partial charge in [0, 0.05) is 35.7 Å². The predicted molar refractivity (Wildman–Crippen MR) is 142 cm³/mol. The van der Waals surface area contributed by atoms with Crippen molar-refractivity contribution in [3.8, 4) is 0 Å². The molecule has 2 unspecified atom stereocenters. The molecule has 2 atom stereocenters. The maximum absolute atomic E-state index is 15.7. The van der Waals surface area contributed by atoms with Gasteiger partial charge in [-0.3, -0.25) is 10.1 Å². The molecule has 1 aliphatic carbocycles. The molecule has 1 aromatic heterocycles. The second-order valence-electron chi connectivity index (χ2n) is 9.78. The summed E-state index contributed by atoms with van der Waals surface area (Å²) in [4.78, 5) is 26.6. The van der Waals surface area contributed by atoms with E-state index in [4.69, 9.17) is 11.6 Å². The monoisotopic (exact) mass is 517 g/mol. The van der Waals surface area contributed by atoms with Gasteiger partial charge >= 0.3 is 5.97 Å². The van der Waals surface area contributed by atoms with Crippen molar-refractivity contribution in [1.29, 1.82) is 0 Å². The average molecular weight is 518 g/mol. The number of pyridine rings is 1. The topological polar surface area (TPSA) is 74.6 Å². The Morgan fingerprint density at radius 3 is 2.24 bits per heavy atom. The molecule has 6 rings (SSSR count). The molecule has 6 nitrogen and oxygen atoms in total. The lowest BCUT2D eigenvalue weighted by Crippen LogP contribution is -2.48. The van der Waals surface area contributed by atoms with Gasteiger partial charge in [0.05, 0.1) is 23.3 Å². The van der Waals surface area contributed by atoms with E-state index >= 15 is 4.39 Å². The lowest BCUT2D eigenvalue weighted by Gasteiger charge is -2.41. The summed E-state index contributed by atoms with van der Waals surface area (Å²) in [6, 6.07) is 20.5. The normalized spacial score (nSPS) is 19.8. The minimum Gasteiger partial charge on any atom is -0.477 e. The highest BCUT2D eigenvalue weighted by Gasteiger charge is 2.32. The third-order valence-corrected chi connectivity index (χ3v) is 7.55. The SMILES string of the molecule is O=C(O)c1cn(C2CC2)c2cc(N3CC(c4ccccc4)NC(c4ccc(Cl)cc4)C3)c(F)cc2c1=O. The van der Waals surface area contributed by atoms with Crippen LogP contribution in [0.5, 0.6) is 0 Å². The fraction of sp³-hybridized carbons (Fsp3) is 0.241. The fourth-order valence-corrected chi connectivity index (χ4v) is 5.38. The number of anilines is 1. The van der Waals surface area contributed by atoms with Crippen molar-refractivity contribution in [3.05, 3.63) is 111 Å². The van der Waals surface area contributed by atoms with E-state index in [9.17, 15) is 14.7 Å². The summed E-state index contributed by atoms with van der Waals surface area (Å²) < 4.78 is 17.5. The number of aromatic nitrogens is 1. The van der Waals surface area contributed by atoms with Crippen LogP contribution < -0.4 is 15.6 Å². The molecule has 1 saturated heterocycles. The zero-order chi connectivity index (χ0) is 25.7. The molecule has 0 radical (unpaired) electrons. The van der Waals surface area contributed by atoms with Gasteiger partial charge in [0.15, 0.2) is 0 Å². The van der Waals surface area contributed by atoms with Gasteiger partial charge in [0.1, 0.15) is 11.4 Å². The smallest absolute Gasteiger partial charge is 0.341 e. The van der Waals surface area contributed by atoms with E-state index < -0.39 is 17.2 Å². The number of carboxylic acid groups (broad SMARTS) is 1. The number of fused-ring (bicyclic) bond motifs is 1. The second-order valence-corrected chi connectivity index (χ2v) is 10.2. The number of nitrogens with one attached hydrogen (secondary N) is 1.